The third-order valence-electron chi connectivity index (χ3n) is 4.45. The maximum Gasteiger partial charge on any atom is 0.417 e. The molecule has 0 spiro atoms. The van der Waals surface area contributed by atoms with Gasteiger partial charge in [0.1, 0.15) is 0 Å². The summed E-state index contributed by atoms with van der Waals surface area (Å²) >= 11 is 0. The van der Waals surface area contributed by atoms with Crippen molar-refractivity contribution in [1.82, 2.24) is 4.90 Å². The molecule has 118 valence electrons. The van der Waals surface area contributed by atoms with E-state index in [2.05, 4.69) is 0 Å². The second-order valence-corrected chi connectivity index (χ2v) is 6.67. The zero-order valence-corrected chi connectivity index (χ0v) is 12.2. The summed E-state index contributed by atoms with van der Waals surface area (Å²) in [5.74, 6) is 0. The number of likely N-dealkylation sites (tertiary alicyclic amines) is 1. The predicted octanol–water partition coefficient (Wildman–Crippen LogP) is 2.58. The molecule has 1 saturated carbocycles. The number of aliphatic hydroxyl groups is 1. The minimum absolute atomic E-state index is 0.137. The van der Waals surface area contributed by atoms with Gasteiger partial charge in [0.2, 0.25) is 0 Å². The van der Waals surface area contributed by atoms with Gasteiger partial charge in [-0.25, -0.2) is 0 Å². The third-order valence-corrected chi connectivity index (χ3v) is 4.45. The molecule has 0 bridgehead atoms. The van der Waals surface area contributed by atoms with Crippen LogP contribution in [0.25, 0.3) is 0 Å². The first-order chi connectivity index (χ1) is 9.16. The summed E-state index contributed by atoms with van der Waals surface area (Å²) < 4.78 is 43.8. The Labute approximate surface area is 118 Å². The molecule has 6 heteroatoms. The minimum Gasteiger partial charge on any atom is -0.380 e. The van der Waals surface area contributed by atoms with Gasteiger partial charge in [-0.3, -0.25) is 0 Å². The van der Waals surface area contributed by atoms with Crippen LogP contribution in [0, 0.1) is 5.41 Å². The molecule has 1 aliphatic carbocycles. The Morgan fingerprint density at radius 1 is 1.15 bits per heavy atom. The Morgan fingerprint density at radius 3 is 2.10 bits per heavy atom. The van der Waals surface area contributed by atoms with Gasteiger partial charge < -0.3 is 14.7 Å². The van der Waals surface area contributed by atoms with Crippen LogP contribution in [-0.4, -0.2) is 54.1 Å². The highest BCUT2D eigenvalue weighted by Gasteiger charge is 2.55. The number of alkyl halides is 3. The number of rotatable bonds is 5. The Bertz CT molecular complexity index is 332. The number of nitrogens with zero attached hydrogens (tertiary/aromatic N) is 1. The van der Waals surface area contributed by atoms with Crippen molar-refractivity contribution in [1.29, 1.82) is 0 Å². The first kappa shape index (κ1) is 16.0. The van der Waals surface area contributed by atoms with Crippen LogP contribution in [0.5, 0.6) is 0 Å². The van der Waals surface area contributed by atoms with Crippen LogP contribution in [0.2, 0.25) is 0 Å². The van der Waals surface area contributed by atoms with E-state index >= 15 is 0 Å². The van der Waals surface area contributed by atoms with Crippen LogP contribution in [0.3, 0.4) is 0 Å². The van der Waals surface area contributed by atoms with E-state index in [-0.39, 0.29) is 24.4 Å². The topological polar surface area (TPSA) is 32.7 Å². The lowest BCUT2D eigenvalue weighted by Gasteiger charge is -2.40. The molecular formula is C14H24F3NO2. The second-order valence-electron chi connectivity index (χ2n) is 6.67. The first-order valence-electron chi connectivity index (χ1n) is 7.29. The molecule has 1 aliphatic heterocycles. The molecule has 0 unspecified atom stereocenters. The van der Waals surface area contributed by atoms with Crippen LogP contribution in [0.15, 0.2) is 0 Å². The molecule has 0 atom stereocenters. The van der Waals surface area contributed by atoms with E-state index in [4.69, 9.17) is 4.74 Å². The summed E-state index contributed by atoms with van der Waals surface area (Å²) in [4.78, 5) is 2.04. The summed E-state index contributed by atoms with van der Waals surface area (Å²) in [6.45, 7) is 6.05. The minimum atomic E-state index is -4.52. The molecule has 0 aromatic heterocycles. The van der Waals surface area contributed by atoms with Gasteiger partial charge in [-0.2, -0.15) is 13.2 Å². The van der Waals surface area contributed by atoms with E-state index in [1.54, 1.807) is 0 Å². The highest BCUT2D eigenvalue weighted by atomic mass is 19.4. The number of halogens is 3. The van der Waals surface area contributed by atoms with Crippen LogP contribution in [0.1, 0.15) is 39.5 Å². The molecule has 2 aliphatic rings. The van der Waals surface area contributed by atoms with E-state index in [0.29, 0.717) is 19.7 Å². The van der Waals surface area contributed by atoms with Crippen LogP contribution < -0.4 is 0 Å². The van der Waals surface area contributed by atoms with Gasteiger partial charge in [-0.1, -0.05) is 0 Å². The molecule has 0 aromatic rings. The fourth-order valence-corrected chi connectivity index (χ4v) is 2.71. The Morgan fingerprint density at radius 2 is 1.70 bits per heavy atom. The number of ether oxygens (including phenoxy) is 1. The van der Waals surface area contributed by atoms with Crippen molar-refractivity contribution in [2.75, 3.05) is 26.2 Å². The highest BCUT2D eigenvalue weighted by Crippen LogP contribution is 2.47. The first-order valence-corrected chi connectivity index (χ1v) is 7.29. The van der Waals surface area contributed by atoms with E-state index in [9.17, 15) is 18.3 Å². The molecule has 0 radical (unpaired) electrons. The highest BCUT2D eigenvalue weighted by molar-refractivity contribution is 4.98. The molecule has 2 rings (SSSR count). The SMILES string of the molecule is CC(C)OCC1(CN2CCC(O)(C(F)(F)F)CC2)CC1. The summed E-state index contributed by atoms with van der Waals surface area (Å²) in [5, 5.41) is 9.64. The zero-order valence-electron chi connectivity index (χ0n) is 12.2. The van der Waals surface area contributed by atoms with Crippen molar-refractivity contribution < 1.29 is 23.0 Å². The third kappa shape index (κ3) is 3.65. The van der Waals surface area contributed by atoms with Crippen molar-refractivity contribution in [3.05, 3.63) is 0 Å². The monoisotopic (exact) mass is 295 g/mol. The predicted molar refractivity (Wildman–Crippen MR) is 69.4 cm³/mol. The van der Waals surface area contributed by atoms with E-state index in [1.807, 2.05) is 18.7 Å². The summed E-state index contributed by atoms with van der Waals surface area (Å²) in [6, 6.07) is 0. The van der Waals surface area contributed by atoms with Crippen LogP contribution >= 0.6 is 0 Å². The van der Waals surface area contributed by atoms with Gasteiger partial charge in [0.15, 0.2) is 5.60 Å². The molecule has 2 fully saturated rings. The van der Waals surface area contributed by atoms with E-state index < -0.39 is 11.8 Å². The van der Waals surface area contributed by atoms with Crippen LogP contribution in [-0.2, 0) is 4.74 Å². The quantitative estimate of drug-likeness (QED) is 0.846. The van der Waals surface area contributed by atoms with Crippen LogP contribution in [0.4, 0.5) is 13.2 Å². The van der Waals surface area contributed by atoms with E-state index in [1.165, 1.54) is 0 Å². The molecule has 3 nitrogen and oxygen atoms in total. The van der Waals surface area contributed by atoms with Crippen molar-refractivity contribution >= 4 is 0 Å². The maximum atomic E-state index is 12.7. The van der Waals surface area contributed by atoms with E-state index in [0.717, 1.165) is 19.4 Å². The largest absolute Gasteiger partial charge is 0.417 e. The Kier molecular flexibility index (Phi) is 4.38. The number of hydrogen-bond donors (Lipinski definition) is 1. The lowest BCUT2D eigenvalue weighted by Crippen LogP contribution is -2.54. The van der Waals surface area contributed by atoms with Gasteiger partial charge in [-0.15, -0.1) is 0 Å². The summed E-state index contributed by atoms with van der Waals surface area (Å²) in [5.41, 5.74) is -2.35. The van der Waals surface area contributed by atoms with Crippen molar-refractivity contribution in [2.24, 2.45) is 5.41 Å². The van der Waals surface area contributed by atoms with Crippen molar-refractivity contribution in [3.8, 4) is 0 Å². The summed E-state index contributed by atoms with van der Waals surface area (Å²) in [7, 11) is 0. The van der Waals surface area contributed by atoms with Gasteiger partial charge in [-0.05, 0) is 39.5 Å². The molecule has 0 aromatic carbocycles. The van der Waals surface area contributed by atoms with Crippen molar-refractivity contribution in [3.63, 3.8) is 0 Å². The molecular weight excluding hydrogens is 271 g/mol. The average Bonchev–Trinajstić information content (AvgIpc) is 3.09. The Balaban J connectivity index is 1.80. The molecule has 1 N–H and O–H groups in total. The molecule has 1 heterocycles. The van der Waals surface area contributed by atoms with Crippen molar-refractivity contribution in [2.45, 2.75) is 57.4 Å². The Hall–Kier alpha value is -0.330. The van der Waals surface area contributed by atoms with Gasteiger partial charge in [0, 0.05) is 25.0 Å². The summed E-state index contributed by atoms with van der Waals surface area (Å²) in [6.07, 6.45) is -2.62. The van der Waals surface area contributed by atoms with Gasteiger partial charge in [0.05, 0.1) is 12.7 Å². The average molecular weight is 295 g/mol. The normalized spacial score (nSPS) is 25.9. The smallest absolute Gasteiger partial charge is 0.380 e. The second kappa shape index (κ2) is 5.46. The zero-order chi connectivity index (χ0) is 15.0. The molecule has 1 saturated heterocycles. The lowest BCUT2D eigenvalue weighted by atomic mass is 9.90. The molecule has 0 amide bonds. The number of piperidine rings is 1. The van der Waals surface area contributed by atoms with Gasteiger partial charge in [0.25, 0.3) is 0 Å². The maximum absolute atomic E-state index is 12.7. The fraction of sp³-hybridized carbons (Fsp3) is 1.00. The number of hydrogen-bond acceptors (Lipinski definition) is 3. The fourth-order valence-electron chi connectivity index (χ4n) is 2.71. The molecule has 20 heavy (non-hydrogen) atoms. The standard InChI is InChI=1S/C14H24F3NO2/c1-11(2)20-10-12(3-4-12)9-18-7-5-13(19,6-8-18)14(15,16)17/h11,19H,3-10H2,1-2H3. The lowest BCUT2D eigenvalue weighted by molar-refractivity contribution is -0.273. The van der Waals surface area contributed by atoms with Gasteiger partial charge >= 0.3 is 6.18 Å².